The smallest absolute Gasteiger partial charge is 0.277 e. The third-order valence-electron chi connectivity index (χ3n) is 5.84. The first-order chi connectivity index (χ1) is 15.1. The molecule has 2 aromatic carbocycles. The Hall–Kier alpha value is -3.39. The van der Waals surface area contributed by atoms with E-state index < -0.39 is 11.2 Å². The van der Waals surface area contributed by atoms with Crippen molar-refractivity contribution in [3.8, 4) is 11.5 Å². The van der Waals surface area contributed by atoms with E-state index in [1.165, 1.54) is 6.07 Å². The van der Waals surface area contributed by atoms with E-state index in [0.717, 1.165) is 29.7 Å². The number of amides is 1. The van der Waals surface area contributed by atoms with Gasteiger partial charge in [-0.3, -0.25) is 19.3 Å². The highest BCUT2D eigenvalue weighted by Crippen LogP contribution is 2.37. The summed E-state index contributed by atoms with van der Waals surface area (Å²) in [6.07, 6.45) is 3.11. The number of para-hydroxylation sites is 1. The Morgan fingerprint density at radius 3 is 2.50 bits per heavy atom. The van der Waals surface area contributed by atoms with Crippen LogP contribution in [-0.4, -0.2) is 40.4 Å². The van der Waals surface area contributed by atoms with Gasteiger partial charge >= 0.3 is 0 Å². The molecule has 1 N–H and O–H groups in total. The lowest BCUT2D eigenvalue weighted by atomic mass is 9.97. The van der Waals surface area contributed by atoms with E-state index in [0.29, 0.717) is 19.8 Å². The van der Waals surface area contributed by atoms with Crippen molar-refractivity contribution in [2.75, 3.05) is 24.8 Å². The molecule has 0 aliphatic carbocycles. The molecule has 0 fully saturated rings. The predicted molar refractivity (Wildman–Crippen MR) is 126 cm³/mol. The van der Waals surface area contributed by atoms with Gasteiger partial charge in [0.25, 0.3) is 5.91 Å². The van der Waals surface area contributed by atoms with Crippen molar-refractivity contribution < 1.29 is 14.6 Å². The summed E-state index contributed by atoms with van der Waals surface area (Å²) in [5, 5.41) is 12.5. The second kappa shape index (κ2) is 9.00. The van der Waals surface area contributed by atoms with Gasteiger partial charge in [-0.1, -0.05) is 48.5 Å². The number of aromatic hydroxyl groups is 1. The van der Waals surface area contributed by atoms with Crippen LogP contribution in [-0.2, 0) is 0 Å². The average molecular weight is 452 g/mol. The number of nitrogens with zero attached hydrogens (tertiary/aromatic N) is 3. The van der Waals surface area contributed by atoms with Crippen molar-refractivity contribution in [1.82, 2.24) is 9.58 Å². The normalized spacial score (nSPS) is 17.9. The van der Waals surface area contributed by atoms with Crippen LogP contribution < -0.4 is 15.2 Å². The molecule has 0 unspecified atom stereocenters. The third-order valence-corrected chi connectivity index (χ3v) is 5.84. The summed E-state index contributed by atoms with van der Waals surface area (Å²) in [5.41, 5.74) is 1.40. The molecule has 1 aromatic heterocycles. The second-order valence-electron chi connectivity index (χ2n) is 7.78. The van der Waals surface area contributed by atoms with Crippen LogP contribution in [0.4, 0.5) is 0 Å². The lowest BCUT2D eigenvalue weighted by Crippen LogP contribution is -2.55. The molecule has 2 aliphatic rings. The molecule has 32 heavy (non-hydrogen) atoms. The minimum absolute atomic E-state index is 0. The number of rotatable bonds is 1. The Morgan fingerprint density at radius 1 is 0.938 bits per heavy atom. The van der Waals surface area contributed by atoms with Gasteiger partial charge in [0.15, 0.2) is 11.4 Å². The van der Waals surface area contributed by atoms with Gasteiger partial charge in [0.1, 0.15) is 18.5 Å². The van der Waals surface area contributed by atoms with Crippen LogP contribution in [0.2, 0.25) is 0 Å². The Balaban J connectivity index is 0.00000245. The fraction of sp³-hybridized carbons (Fsp3) is 0.250. The molecule has 2 bridgehead atoms. The fourth-order valence-corrected chi connectivity index (χ4v) is 4.34. The van der Waals surface area contributed by atoms with Gasteiger partial charge in [-0.05, 0) is 24.5 Å². The summed E-state index contributed by atoms with van der Waals surface area (Å²) in [6.45, 7) is 1.39. The second-order valence-corrected chi connectivity index (χ2v) is 7.78. The lowest BCUT2D eigenvalue weighted by Gasteiger charge is -2.44. The minimum Gasteiger partial charge on any atom is -0.502 e. The SMILES string of the molecule is O=C1c2c(O)c(=O)ccn2N2CN1CCCCOc1ccccc1[C@@H]2c1ccccc1.S. The first-order valence-corrected chi connectivity index (χ1v) is 10.4. The van der Waals surface area contributed by atoms with Gasteiger partial charge in [-0.25, -0.2) is 0 Å². The van der Waals surface area contributed by atoms with Crippen molar-refractivity contribution in [3.63, 3.8) is 0 Å². The van der Waals surface area contributed by atoms with Gasteiger partial charge in [-0.2, -0.15) is 13.5 Å². The quantitative estimate of drug-likeness (QED) is 0.616. The maximum Gasteiger partial charge on any atom is 0.277 e. The first-order valence-electron chi connectivity index (χ1n) is 10.4. The standard InChI is InChI=1S/C24H23N3O4.H2S/c28-19-12-14-26-22(23(19)29)24(30)25-13-6-7-15-31-20-11-5-4-10-18(20)21(27(26)16-25)17-8-2-1-3-9-17;/h1-5,8-12,14,21,29H,6-7,13,15-16H2;1H2/t21-;/m0./s1. The van der Waals surface area contributed by atoms with Crippen LogP contribution in [0, 0.1) is 0 Å². The number of hydrogen-bond acceptors (Lipinski definition) is 5. The predicted octanol–water partition coefficient (Wildman–Crippen LogP) is 2.98. The molecule has 5 rings (SSSR count). The molecule has 166 valence electrons. The summed E-state index contributed by atoms with van der Waals surface area (Å²) < 4.78 is 7.75. The van der Waals surface area contributed by atoms with E-state index >= 15 is 0 Å². The van der Waals surface area contributed by atoms with E-state index in [9.17, 15) is 14.7 Å². The summed E-state index contributed by atoms with van der Waals surface area (Å²) in [4.78, 5) is 27.0. The molecule has 1 atom stereocenters. The van der Waals surface area contributed by atoms with E-state index in [-0.39, 0.29) is 31.1 Å². The summed E-state index contributed by atoms with van der Waals surface area (Å²) in [7, 11) is 0. The number of fused-ring (bicyclic) bond motifs is 5. The van der Waals surface area contributed by atoms with Gasteiger partial charge in [-0.15, -0.1) is 0 Å². The molecule has 0 saturated carbocycles. The number of benzene rings is 2. The van der Waals surface area contributed by atoms with E-state index in [4.69, 9.17) is 4.74 Å². The van der Waals surface area contributed by atoms with Crippen LogP contribution in [0.5, 0.6) is 11.5 Å². The Morgan fingerprint density at radius 2 is 1.69 bits per heavy atom. The Labute approximate surface area is 192 Å². The number of aromatic nitrogens is 1. The maximum atomic E-state index is 13.2. The topological polar surface area (TPSA) is 75.0 Å². The molecule has 1 amide bonds. The van der Waals surface area contributed by atoms with Crippen molar-refractivity contribution in [3.05, 3.63) is 93.9 Å². The molecular weight excluding hydrogens is 426 g/mol. The fourth-order valence-electron chi connectivity index (χ4n) is 4.34. The summed E-state index contributed by atoms with van der Waals surface area (Å²) in [5.74, 6) is -0.0753. The largest absolute Gasteiger partial charge is 0.502 e. The zero-order valence-corrected chi connectivity index (χ0v) is 18.5. The average Bonchev–Trinajstić information content (AvgIpc) is 2.82. The molecule has 2 aliphatic heterocycles. The zero-order chi connectivity index (χ0) is 21.4. The van der Waals surface area contributed by atoms with Crippen LogP contribution in [0.3, 0.4) is 0 Å². The van der Waals surface area contributed by atoms with Gasteiger partial charge in [0, 0.05) is 24.4 Å². The minimum atomic E-state index is -0.564. The molecular formula is C24H25N3O4S. The number of ether oxygens (including phenoxy) is 1. The Bertz CT molecular complexity index is 1180. The van der Waals surface area contributed by atoms with E-state index in [1.807, 2.05) is 59.6 Å². The first kappa shape index (κ1) is 21.8. The van der Waals surface area contributed by atoms with Gasteiger partial charge in [0.05, 0.1) is 6.61 Å². The molecule has 0 spiro atoms. The Kier molecular flexibility index (Phi) is 6.14. The van der Waals surface area contributed by atoms with Crippen molar-refractivity contribution in [2.24, 2.45) is 0 Å². The van der Waals surface area contributed by atoms with E-state index in [2.05, 4.69) is 0 Å². The number of carbonyl (C=O) groups excluding carboxylic acids is 1. The van der Waals surface area contributed by atoms with E-state index in [1.54, 1.807) is 15.8 Å². The number of pyridine rings is 1. The monoisotopic (exact) mass is 451 g/mol. The van der Waals surface area contributed by atoms with Crippen LogP contribution in [0.15, 0.2) is 71.7 Å². The number of carbonyl (C=O) groups is 1. The van der Waals surface area contributed by atoms with Gasteiger partial charge in [0.2, 0.25) is 5.43 Å². The van der Waals surface area contributed by atoms with Crippen molar-refractivity contribution in [2.45, 2.75) is 18.9 Å². The molecule has 8 heteroatoms. The van der Waals surface area contributed by atoms with Crippen LogP contribution in [0.25, 0.3) is 0 Å². The summed E-state index contributed by atoms with van der Waals surface area (Å²) >= 11 is 0. The zero-order valence-electron chi connectivity index (χ0n) is 17.5. The van der Waals surface area contributed by atoms with Crippen LogP contribution in [0.1, 0.15) is 40.5 Å². The molecule has 0 radical (unpaired) electrons. The van der Waals surface area contributed by atoms with Crippen molar-refractivity contribution >= 4 is 19.4 Å². The van der Waals surface area contributed by atoms with Crippen LogP contribution >= 0.6 is 13.5 Å². The maximum absolute atomic E-state index is 13.2. The van der Waals surface area contributed by atoms with Crippen molar-refractivity contribution in [1.29, 1.82) is 0 Å². The highest BCUT2D eigenvalue weighted by atomic mass is 32.1. The van der Waals surface area contributed by atoms with Gasteiger partial charge < -0.3 is 14.7 Å². The number of hydrogen-bond donors (Lipinski definition) is 1. The molecule has 3 heterocycles. The third kappa shape index (κ3) is 3.71. The molecule has 3 aromatic rings. The molecule has 7 nitrogen and oxygen atoms in total. The molecule has 0 saturated heterocycles. The highest BCUT2D eigenvalue weighted by Gasteiger charge is 2.37. The highest BCUT2D eigenvalue weighted by molar-refractivity contribution is 7.59. The lowest BCUT2D eigenvalue weighted by molar-refractivity contribution is 0.0676. The summed E-state index contributed by atoms with van der Waals surface area (Å²) in [6, 6.07) is 18.9.